The molecule has 0 saturated heterocycles. The van der Waals surface area contributed by atoms with Crippen molar-refractivity contribution in [1.82, 2.24) is 9.97 Å². The first-order valence-corrected chi connectivity index (χ1v) is 7.05. The van der Waals surface area contributed by atoms with E-state index >= 15 is 0 Å². The topological polar surface area (TPSA) is 62.8 Å². The van der Waals surface area contributed by atoms with Gasteiger partial charge in [-0.1, -0.05) is 54.6 Å². The van der Waals surface area contributed by atoms with Crippen molar-refractivity contribution in [3.8, 4) is 0 Å². The lowest BCUT2D eigenvalue weighted by atomic mass is 9.90. The van der Waals surface area contributed by atoms with Gasteiger partial charge in [0.1, 0.15) is 17.2 Å². The molecule has 1 aliphatic carbocycles. The number of carbonyl (C=O) groups is 2. The molecule has 0 fully saturated rings. The Labute approximate surface area is 126 Å². The van der Waals surface area contributed by atoms with E-state index in [2.05, 4.69) is 9.97 Å². The van der Waals surface area contributed by atoms with Crippen molar-refractivity contribution in [2.75, 3.05) is 0 Å². The van der Waals surface area contributed by atoms with Gasteiger partial charge in [0.2, 0.25) is 11.6 Å². The number of rotatable bonds is 2. The molecule has 0 bridgehead atoms. The minimum Gasteiger partial charge on any atom is -0.338 e. The number of nitrogens with one attached hydrogen (secondary N) is 1. The summed E-state index contributed by atoms with van der Waals surface area (Å²) in [6, 6.07) is 16.7. The number of hydrogen-bond donors (Lipinski definition) is 1. The first-order chi connectivity index (χ1) is 10.7. The van der Waals surface area contributed by atoms with Crippen LogP contribution in [-0.2, 0) is 6.42 Å². The van der Waals surface area contributed by atoms with E-state index in [1.807, 2.05) is 30.3 Å². The Morgan fingerprint density at radius 1 is 0.818 bits per heavy atom. The zero-order valence-electron chi connectivity index (χ0n) is 11.7. The minimum atomic E-state index is -0.194. The van der Waals surface area contributed by atoms with Gasteiger partial charge in [-0.25, -0.2) is 4.98 Å². The Morgan fingerprint density at radius 3 is 2.18 bits per heavy atom. The summed E-state index contributed by atoms with van der Waals surface area (Å²) in [5.41, 5.74) is 2.47. The van der Waals surface area contributed by atoms with Gasteiger partial charge >= 0.3 is 0 Å². The van der Waals surface area contributed by atoms with Gasteiger partial charge in [0.15, 0.2) is 0 Å². The fourth-order valence-electron chi connectivity index (χ4n) is 2.77. The second-order valence-corrected chi connectivity index (χ2v) is 5.27. The van der Waals surface area contributed by atoms with Crippen molar-refractivity contribution >= 4 is 11.6 Å². The first kappa shape index (κ1) is 12.7. The number of imidazole rings is 1. The third-order valence-electron chi connectivity index (χ3n) is 3.83. The molecular weight excluding hydrogens is 276 g/mol. The molecule has 0 saturated carbocycles. The Kier molecular flexibility index (Phi) is 2.76. The molecule has 1 heterocycles. The lowest BCUT2D eigenvalue weighted by Crippen LogP contribution is -2.20. The van der Waals surface area contributed by atoms with Crippen molar-refractivity contribution in [3.05, 3.63) is 88.5 Å². The Bertz CT molecular complexity index is 842. The highest BCUT2D eigenvalue weighted by Crippen LogP contribution is 2.26. The third-order valence-corrected chi connectivity index (χ3v) is 3.83. The number of H-pyrrole nitrogens is 1. The van der Waals surface area contributed by atoms with Crippen molar-refractivity contribution in [2.45, 2.75) is 6.42 Å². The summed E-state index contributed by atoms with van der Waals surface area (Å²) in [4.78, 5) is 32.4. The summed E-state index contributed by atoms with van der Waals surface area (Å²) in [5, 5.41) is 0. The molecule has 0 unspecified atom stereocenters. The van der Waals surface area contributed by atoms with Crippen LogP contribution in [0.15, 0.2) is 54.6 Å². The first-order valence-electron chi connectivity index (χ1n) is 7.05. The normalized spacial score (nSPS) is 12.9. The van der Waals surface area contributed by atoms with E-state index in [1.54, 1.807) is 24.3 Å². The van der Waals surface area contributed by atoms with Crippen LogP contribution >= 0.6 is 0 Å². The maximum Gasteiger partial charge on any atom is 0.214 e. The SMILES string of the molecule is O=C1c2ccccc2C(=O)c2[nH]c(Cc3ccccc3)nc21. The molecule has 0 radical (unpaired) electrons. The van der Waals surface area contributed by atoms with Crippen LogP contribution in [0.5, 0.6) is 0 Å². The van der Waals surface area contributed by atoms with Gasteiger partial charge < -0.3 is 4.98 Å². The number of aromatic amines is 1. The largest absolute Gasteiger partial charge is 0.338 e. The molecule has 1 aromatic heterocycles. The summed E-state index contributed by atoms with van der Waals surface area (Å²) in [6.07, 6.45) is 0.560. The van der Waals surface area contributed by atoms with E-state index in [9.17, 15) is 9.59 Å². The lowest BCUT2D eigenvalue weighted by Gasteiger charge is -2.11. The smallest absolute Gasteiger partial charge is 0.214 e. The van der Waals surface area contributed by atoms with Gasteiger partial charge in [-0.15, -0.1) is 0 Å². The highest BCUT2D eigenvalue weighted by Gasteiger charge is 2.32. The Balaban J connectivity index is 1.77. The number of fused-ring (bicyclic) bond motifs is 2. The third kappa shape index (κ3) is 1.89. The minimum absolute atomic E-state index is 0.169. The predicted molar refractivity (Wildman–Crippen MR) is 81.1 cm³/mol. The average molecular weight is 288 g/mol. The zero-order chi connectivity index (χ0) is 15.1. The van der Waals surface area contributed by atoms with Gasteiger partial charge in [-0.2, -0.15) is 0 Å². The molecule has 22 heavy (non-hydrogen) atoms. The van der Waals surface area contributed by atoms with E-state index in [1.165, 1.54) is 0 Å². The summed E-state index contributed by atoms with van der Waals surface area (Å²) in [6.45, 7) is 0. The molecule has 4 rings (SSSR count). The average Bonchev–Trinajstić information content (AvgIpc) is 2.98. The second kappa shape index (κ2) is 4.77. The van der Waals surface area contributed by atoms with Gasteiger partial charge in [0, 0.05) is 17.5 Å². The number of aromatic nitrogens is 2. The van der Waals surface area contributed by atoms with Crippen LogP contribution in [0.2, 0.25) is 0 Å². The molecule has 3 aromatic rings. The number of benzene rings is 2. The molecule has 0 atom stereocenters. The summed E-state index contributed by atoms with van der Waals surface area (Å²) in [5.74, 6) is 0.267. The lowest BCUT2D eigenvalue weighted by molar-refractivity contribution is 0.0974. The van der Waals surface area contributed by atoms with Gasteiger partial charge in [0.05, 0.1) is 0 Å². The van der Waals surface area contributed by atoms with Crippen LogP contribution in [0, 0.1) is 0 Å². The number of ketones is 2. The summed E-state index contributed by atoms with van der Waals surface area (Å²) in [7, 11) is 0. The fraction of sp³-hybridized carbons (Fsp3) is 0.0556. The molecular formula is C18H12N2O2. The molecule has 4 nitrogen and oxygen atoms in total. The van der Waals surface area contributed by atoms with Crippen LogP contribution in [0.3, 0.4) is 0 Å². The number of carbonyl (C=O) groups excluding carboxylic acids is 2. The van der Waals surface area contributed by atoms with Gasteiger partial charge in [0.25, 0.3) is 0 Å². The monoisotopic (exact) mass is 288 g/mol. The van der Waals surface area contributed by atoms with Crippen molar-refractivity contribution in [3.63, 3.8) is 0 Å². The van der Waals surface area contributed by atoms with Gasteiger partial charge in [-0.05, 0) is 5.56 Å². The molecule has 0 amide bonds. The zero-order valence-corrected chi connectivity index (χ0v) is 11.7. The molecule has 106 valence electrons. The summed E-state index contributed by atoms with van der Waals surface area (Å²) >= 11 is 0. The van der Waals surface area contributed by atoms with E-state index in [4.69, 9.17) is 0 Å². The second-order valence-electron chi connectivity index (χ2n) is 5.27. The molecule has 2 aromatic carbocycles. The van der Waals surface area contributed by atoms with Crippen molar-refractivity contribution in [2.24, 2.45) is 0 Å². The quantitative estimate of drug-likeness (QED) is 0.617. The molecule has 0 spiro atoms. The molecule has 1 N–H and O–H groups in total. The van der Waals surface area contributed by atoms with E-state index in [-0.39, 0.29) is 17.3 Å². The number of hydrogen-bond acceptors (Lipinski definition) is 3. The fourth-order valence-corrected chi connectivity index (χ4v) is 2.77. The predicted octanol–water partition coefficient (Wildman–Crippen LogP) is 2.78. The van der Waals surface area contributed by atoms with Crippen LogP contribution < -0.4 is 0 Å². The Morgan fingerprint density at radius 2 is 1.45 bits per heavy atom. The van der Waals surface area contributed by atoms with E-state index in [0.29, 0.717) is 29.1 Å². The van der Waals surface area contributed by atoms with Crippen LogP contribution in [0.25, 0.3) is 0 Å². The van der Waals surface area contributed by atoms with E-state index < -0.39 is 0 Å². The summed E-state index contributed by atoms with van der Waals surface area (Å²) < 4.78 is 0. The van der Waals surface area contributed by atoms with Crippen LogP contribution in [0.1, 0.15) is 43.5 Å². The van der Waals surface area contributed by atoms with Crippen LogP contribution in [-0.4, -0.2) is 21.5 Å². The standard InChI is InChI=1S/C18H12N2O2/c21-17-12-8-4-5-9-13(12)18(22)16-15(17)19-14(20-16)10-11-6-2-1-3-7-11/h1-9H,10H2,(H,19,20). The maximum absolute atomic E-state index is 12.5. The van der Waals surface area contributed by atoms with Crippen molar-refractivity contribution in [1.29, 1.82) is 0 Å². The van der Waals surface area contributed by atoms with Crippen LogP contribution in [0.4, 0.5) is 0 Å². The molecule has 4 heteroatoms. The van der Waals surface area contributed by atoms with Crippen molar-refractivity contribution < 1.29 is 9.59 Å². The van der Waals surface area contributed by atoms with Gasteiger partial charge in [-0.3, -0.25) is 9.59 Å². The highest BCUT2D eigenvalue weighted by molar-refractivity contribution is 6.27. The molecule has 1 aliphatic rings. The van der Waals surface area contributed by atoms with E-state index in [0.717, 1.165) is 5.56 Å². The highest BCUT2D eigenvalue weighted by atomic mass is 16.1. The molecule has 0 aliphatic heterocycles. The number of nitrogens with zero attached hydrogens (tertiary/aromatic N) is 1. The maximum atomic E-state index is 12.5. The Hall–Kier alpha value is -3.01.